The molecule has 0 aromatic heterocycles. The topological polar surface area (TPSA) is 3.24 Å². The molecule has 0 aromatic carbocycles. The van der Waals surface area contributed by atoms with E-state index in [1.807, 2.05) is 0 Å². The average molecular weight is 137 g/mol. The lowest BCUT2D eigenvalue weighted by Gasteiger charge is -2.34. The molecule has 2 heterocycles. The monoisotopic (exact) mass is 137 g/mol. The Hall–Kier alpha value is -0.0400. The van der Waals surface area contributed by atoms with Crippen molar-refractivity contribution in [1.82, 2.24) is 4.90 Å². The Bertz CT molecular complexity index is 119. The Labute approximate surface area is 63.4 Å². The smallest absolute Gasteiger partial charge is 0.00984 e. The lowest BCUT2D eigenvalue weighted by atomic mass is 9.93. The van der Waals surface area contributed by atoms with Crippen molar-refractivity contribution < 1.29 is 0 Å². The average Bonchev–Trinajstić information content (AvgIpc) is 2.20. The molecule has 56 valence electrons. The van der Waals surface area contributed by atoms with Crippen LogP contribution < -0.4 is 0 Å². The van der Waals surface area contributed by atoms with E-state index in [1.165, 1.54) is 25.7 Å². The first-order chi connectivity index (χ1) is 4.77. The number of fused-ring (bicyclic) bond motifs is 2. The highest BCUT2D eigenvalue weighted by Crippen LogP contribution is 2.36. The van der Waals surface area contributed by atoms with Crippen LogP contribution in [-0.4, -0.2) is 24.0 Å². The molecule has 0 N–H and O–H groups in total. The van der Waals surface area contributed by atoms with Gasteiger partial charge >= 0.3 is 0 Å². The van der Waals surface area contributed by atoms with E-state index in [-0.39, 0.29) is 0 Å². The molecule has 2 rings (SSSR count). The molecular formula is C9H15N. The summed E-state index contributed by atoms with van der Waals surface area (Å²) in [5.41, 5.74) is 0. The molecule has 0 aromatic rings. The Kier molecular flexibility index (Phi) is 1.48. The van der Waals surface area contributed by atoms with E-state index in [0.29, 0.717) is 5.92 Å². The van der Waals surface area contributed by atoms with Crippen molar-refractivity contribution >= 4 is 0 Å². The van der Waals surface area contributed by atoms with Crippen molar-refractivity contribution in [3.05, 3.63) is 6.92 Å². The summed E-state index contributed by atoms with van der Waals surface area (Å²) >= 11 is 0. The second kappa shape index (κ2) is 2.23. The van der Waals surface area contributed by atoms with Gasteiger partial charge in [0.1, 0.15) is 0 Å². The van der Waals surface area contributed by atoms with Crippen molar-refractivity contribution in [3.63, 3.8) is 0 Å². The van der Waals surface area contributed by atoms with Gasteiger partial charge in [-0.1, -0.05) is 0 Å². The molecule has 0 spiro atoms. The summed E-state index contributed by atoms with van der Waals surface area (Å²) in [5.74, 6) is 0.494. The first-order valence-electron chi connectivity index (χ1n) is 4.25. The summed E-state index contributed by atoms with van der Waals surface area (Å²) in [4.78, 5) is 2.52. The van der Waals surface area contributed by atoms with Crippen LogP contribution >= 0.6 is 0 Å². The van der Waals surface area contributed by atoms with Crippen molar-refractivity contribution in [2.45, 2.75) is 37.8 Å². The maximum absolute atomic E-state index is 5.89. The molecule has 2 aliphatic rings. The third kappa shape index (κ3) is 0.878. The van der Waals surface area contributed by atoms with Crippen LogP contribution in [0.2, 0.25) is 0 Å². The fraction of sp³-hybridized carbons (Fsp3) is 0.889. The van der Waals surface area contributed by atoms with Gasteiger partial charge in [0.25, 0.3) is 0 Å². The minimum Gasteiger partial charge on any atom is -0.300 e. The largest absolute Gasteiger partial charge is 0.300 e. The van der Waals surface area contributed by atoms with Gasteiger partial charge in [-0.2, -0.15) is 0 Å². The van der Waals surface area contributed by atoms with E-state index in [1.54, 1.807) is 0 Å². The zero-order chi connectivity index (χ0) is 7.14. The van der Waals surface area contributed by atoms with Gasteiger partial charge in [-0.3, -0.25) is 0 Å². The predicted octanol–water partition coefficient (Wildman–Crippen LogP) is 1.57. The van der Waals surface area contributed by atoms with Crippen LogP contribution in [0.4, 0.5) is 0 Å². The number of rotatable bonds is 0. The van der Waals surface area contributed by atoms with Gasteiger partial charge in [-0.15, -0.1) is 0 Å². The highest BCUT2D eigenvalue weighted by Gasteiger charge is 2.36. The third-order valence-corrected chi connectivity index (χ3v) is 3.13. The van der Waals surface area contributed by atoms with Gasteiger partial charge in [-0.25, -0.2) is 0 Å². The van der Waals surface area contributed by atoms with Gasteiger partial charge in [-0.05, 0) is 45.6 Å². The number of hydrogen-bond acceptors (Lipinski definition) is 1. The zero-order valence-electron chi connectivity index (χ0n) is 6.59. The quantitative estimate of drug-likeness (QED) is 0.490. The molecule has 2 unspecified atom stereocenters. The predicted molar refractivity (Wildman–Crippen MR) is 41.6 cm³/mol. The van der Waals surface area contributed by atoms with Gasteiger partial charge in [0.2, 0.25) is 0 Å². The van der Waals surface area contributed by atoms with Crippen molar-refractivity contribution in [2.24, 2.45) is 5.92 Å². The van der Waals surface area contributed by atoms with E-state index in [4.69, 9.17) is 6.92 Å². The Balaban J connectivity index is 2.09. The Morgan fingerprint density at radius 2 is 1.70 bits per heavy atom. The molecule has 0 amide bonds. The van der Waals surface area contributed by atoms with Crippen molar-refractivity contribution in [1.29, 1.82) is 0 Å². The van der Waals surface area contributed by atoms with E-state index < -0.39 is 0 Å². The molecule has 0 aliphatic carbocycles. The number of piperidine rings is 1. The first kappa shape index (κ1) is 6.66. The molecule has 2 aliphatic heterocycles. The molecule has 2 radical (unpaired) electrons. The lowest BCUT2D eigenvalue weighted by molar-refractivity contribution is 0.151. The molecule has 1 nitrogen and oxygen atoms in total. The Morgan fingerprint density at radius 3 is 2.20 bits per heavy atom. The highest BCUT2D eigenvalue weighted by molar-refractivity contribution is 4.93. The standard InChI is InChI=1S/C9H15N/c1-7-5-8-3-4-9(6-7)10(8)2/h1,7-9H,3-6H2,2H3. The third-order valence-electron chi connectivity index (χ3n) is 3.13. The van der Waals surface area contributed by atoms with Gasteiger partial charge < -0.3 is 4.90 Å². The number of hydrogen-bond donors (Lipinski definition) is 0. The summed E-state index contributed by atoms with van der Waals surface area (Å²) in [7, 11) is 2.24. The molecule has 2 saturated heterocycles. The fourth-order valence-electron chi connectivity index (χ4n) is 2.45. The fourth-order valence-corrected chi connectivity index (χ4v) is 2.45. The SMILES string of the molecule is [CH]C1CC2CCC(C1)N2C. The summed E-state index contributed by atoms with van der Waals surface area (Å²) in [6, 6.07) is 1.63. The molecule has 2 bridgehead atoms. The Morgan fingerprint density at radius 1 is 1.20 bits per heavy atom. The summed E-state index contributed by atoms with van der Waals surface area (Å²) < 4.78 is 0. The summed E-state index contributed by atoms with van der Waals surface area (Å²) in [5, 5.41) is 0. The minimum absolute atomic E-state index is 0.494. The van der Waals surface area contributed by atoms with Crippen LogP contribution in [0.5, 0.6) is 0 Å². The molecular weight excluding hydrogens is 122 g/mol. The normalized spacial score (nSPS) is 48.0. The van der Waals surface area contributed by atoms with Gasteiger partial charge in [0.15, 0.2) is 0 Å². The van der Waals surface area contributed by atoms with Crippen LogP contribution in [0.3, 0.4) is 0 Å². The second-order valence-corrected chi connectivity index (χ2v) is 3.78. The maximum Gasteiger partial charge on any atom is 0.00984 e. The summed E-state index contributed by atoms with van der Waals surface area (Å²) in [6.07, 6.45) is 5.23. The van der Waals surface area contributed by atoms with Crippen molar-refractivity contribution in [2.75, 3.05) is 7.05 Å². The zero-order valence-corrected chi connectivity index (χ0v) is 6.59. The highest BCUT2D eigenvalue weighted by atomic mass is 15.2. The van der Waals surface area contributed by atoms with Gasteiger partial charge in [0.05, 0.1) is 0 Å². The molecule has 0 saturated carbocycles. The summed E-state index contributed by atoms with van der Waals surface area (Å²) in [6.45, 7) is 5.89. The van der Waals surface area contributed by atoms with Crippen molar-refractivity contribution in [3.8, 4) is 0 Å². The number of nitrogens with zero attached hydrogens (tertiary/aromatic N) is 1. The van der Waals surface area contributed by atoms with E-state index in [2.05, 4.69) is 11.9 Å². The minimum atomic E-state index is 0.494. The van der Waals surface area contributed by atoms with Crippen LogP contribution in [0.25, 0.3) is 0 Å². The van der Waals surface area contributed by atoms with Crippen LogP contribution in [0.15, 0.2) is 0 Å². The molecule has 2 fully saturated rings. The first-order valence-corrected chi connectivity index (χ1v) is 4.25. The second-order valence-electron chi connectivity index (χ2n) is 3.78. The van der Waals surface area contributed by atoms with E-state index in [9.17, 15) is 0 Å². The van der Waals surface area contributed by atoms with Gasteiger partial charge in [0, 0.05) is 12.1 Å². The van der Waals surface area contributed by atoms with E-state index in [0.717, 1.165) is 12.1 Å². The van der Waals surface area contributed by atoms with Crippen LogP contribution in [0, 0.1) is 12.8 Å². The molecule has 10 heavy (non-hydrogen) atoms. The maximum atomic E-state index is 5.89. The molecule has 1 heteroatoms. The molecule has 2 atom stereocenters. The van der Waals surface area contributed by atoms with Crippen LogP contribution in [0.1, 0.15) is 25.7 Å². The van der Waals surface area contributed by atoms with E-state index >= 15 is 0 Å². The lowest BCUT2D eigenvalue weighted by Crippen LogP contribution is -2.39. The van der Waals surface area contributed by atoms with Crippen LogP contribution in [-0.2, 0) is 0 Å².